The van der Waals surface area contributed by atoms with E-state index in [9.17, 15) is 0 Å². The number of nitrogens with zero attached hydrogens (tertiary/aromatic N) is 4. The van der Waals surface area contributed by atoms with Crippen molar-refractivity contribution in [3.63, 3.8) is 0 Å². The fraction of sp³-hybridized carbons (Fsp3) is 0.500. The predicted octanol–water partition coefficient (Wildman–Crippen LogP) is 0.993. The summed E-state index contributed by atoms with van der Waals surface area (Å²) >= 11 is 0. The summed E-state index contributed by atoms with van der Waals surface area (Å²) in [5.74, 6) is 7.06. The smallest absolute Gasteiger partial charge is 0.234 e. The molecule has 0 fully saturated rings. The number of anilines is 1. The summed E-state index contributed by atoms with van der Waals surface area (Å²) in [4.78, 5) is 7.94. The van der Waals surface area contributed by atoms with Gasteiger partial charge in [-0.05, 0) is 12.8 Å². The highest BCUT2D eigenvalue weighted by Gasteiger charge is 2.10. The Bertz CT molecular complexity index is 380. The van der Waals surface area contributed by atoms with E-state index >= 15 is 0 Å². The second-order valence-corrected chi connectivity index (χ2v) is 3.86. The van der Waals surface area contributed by atoms with Crippen molar-refractivity contribution in [3.8, 4) is 6.07 Å². The summed E-state index contributed by atoms with van der Waals surface area (Å²) in [6.45, 7) is 6.71. The molecule has 0 aliphatic rings. The summed E-state index contributed by atoms with van der Waals surface area (Å²) in [6.07, 6.45) is 1.61. The Labute approximate surface area is 89.5 Å². The topological polar surface area (TPSA) is 78.8 Å². The first kappa shape index (κ1) is 11.4. The van der Waals surface area contributed by atoms with Crippen LogP contribution >= 0.6 is 0 Å². The van der Waals surface area contributed by atoms with Gasteiger partial charge in [0.1, 0.15) is 11.9 Å². The van der Waals surface area contributed by atoms with E-state index in [1.165, 1.54) is 0 Å². The maximum atomic E-state index is 8.68. The number of aromatic nitrogens is 2. The zero-order valence-electron chi connectivity index (χ0n) is 9.23. The van der Waals surface area contributed by atoms with Crippen molar-refractivity contribution in [1.82, 2.24) is 9.97 Å². The van der Waals surface area contributed by atoms with Crippen LogP contribution in [-0.4, -0.2) is 16.5 Å². The molecule has 80 valence electrons. The van der Waals surface area contributed by atoms with Crippen LogP contribution in [0.5, 0.6) is 0 Å². The molecule has 0 bridgehead atoms. The molecule has 0 aliphatic carbocycles. The van der Waals surface area contributed by atoms with Crippen LogP contribution in [0.2, 0.25) is 0 Å². The molecular formula is C10H15N5. The minimum absolute atomic E-state index is 0.148. The summed E-state index contributed by atoms with van der Waals surface area (Å²) < 4.78 is 0. The summed E-state index contributed by atoms with van der Waals surface area (Å²) in [5, 5.41) is 10.2. The van der Waals surface area contributed by atoms with Gasteiger partial charge in [-0.2, -0.15) is 10.2 Å². The van der Waals surface area contributed by atoms with Gasteiger partial charge < -0.3 is 0 Å². The SMILES string of the molecule is Cc1cnc(C#N)nc1N(N)CC(C)C. The molecule has 0 saturated carbocycles. The van der Waals surface area contributed by atoms with Gasteiger partial charge in [-0.1, -0.05) is 13.8 Å². The summed E-state index contributed by atoms with van der Waals surface area (Å²) in [5.41, 5.74) is 0.872. The van der Waals surface area contributed by atoms with Crippen LogP contribution in [0.1, 0.15) is 25.2 Å². The normalized spacial score (nSPS) is 10.1. The highest BCUT2D eigenvalue weighted by atomic mass is 15.4. The van der Waals surface area contributed by atoms with Crippen LogP contribution in [0.25, 0.3) is 0 Å². The van der Waals surface area contributed by atoms with Crippen molar-refractivity contribution in [2.75, 3.05) is 11.6 Å². The molecule has 0 amide bonds. The van der Waals surface area contributed by atoms with Gasteiger partial charge in [0.2, 0.25) is 5.82 Å². The molecule has 0 aromatic carbocycles. The van der Waals surface area contributed by atoms with E-state index in [0.29, 0.717) is 18.3 Å². The van der Waals surface area contributed by atoms with Gasteiger partial charge in [-0.15, -0.1) is 0 Å². The molecule has 0 radical (unpaired) electrons. The zero-order valence-corrected chi connectivity index (χ0v) is 9.23. The Morgan fingerprint density at radius 2 is 2.27 bits per heavy atom. The van der Waals surface area contributed by atoms with Crippen molar-refractivity contribution in [3.05, 3.63) is 17.6 Å². The molecule has 0 spiro atoms. The molecule has 0 aliphatic heterocycles. The quantitative estimate of drug-likeness (QED) is 0.588. The average molecular weight is 205 g/mol. The number of hydrogen-bond donors (Lipinski definition) is 1. The van der Waals surface area contributed by atoms with Crippen LogP contribution in [0.3, 0.4) is 0 Å². The number of hydrogen-bond acceptors (Lipinski definition) is 5. The molecule has 0 unspecified atom stereocenters. The number of rotatable bonds is 3. The standard InChI is InChI=1S/C10H15N5/c1-7(2)6-15(12)10-8(3)5-13-9(4-11)14-10/h5,7H,6,12H2,1-3H3. The maximum Gasteiger partial charge on any atom is 0.234 e. The zero-order chi connectivity index (χ0) is 11.4. The first-order valence-corrected chi connectivity index (χ1v) is 4.80. The Balaban J connectivity index is 2.97. The number of aryl methyl sites for hydroxylation is 1. The van der Waals surface area contributed by atoms with Crippen LogP contribution in [0, 0.1) is 24.2 Å². The highest BCUT2D eigenvalue weighted by molar-refractivity contribution is 5.44. The Hall–Kier alpha value is -1.67. The fourth-order valence-corrected chi connectivity index (χ4v) is 1.26. The Morgan fingerprint density at radius 1 is 1.60 bits per heavy atom. The van der Waals surface area contributed by atoms with Gasteiger partial charge in [-0.3, -0.25) is 5.01 Å². The predicted molar refractivity (Wildman–Crippen MR) is 57.9 cm³/mol. The number of hydrazine groups is 1. The van der Waals surface area contributed by atoms with Gasteiger partial charge in [0, 0.05) is 18.3 Å². The number of nitrogens with two attached hydrogens (primary N) is 1. The van der Waals surface area contributed by atoms with E-state index in [0.717, 1.165) is 5.56 Å². The van der Waals surface area contributed by atoms with E-state index < -0.39 is 0 Å². The minimum Gasteiger partial charge on any atom is -0.294 e. The van der Waals surface area contributed by atoms with Gasteiger partial charge in [0.05, 0.1) is 0 Å². The van der Waals surface area contributed by atoms with Gasteiger partial charge >= 0.3 is 0 Å². The molecule has 1 aromatic rings. The minimum atomic E-state index is 0.148. The lowest BCUT2D eigenvalue weighted by Crippen LogP contribution is -2.35. The first-order valence-electron chi connectivity index (χ1n) is 4.80. The molecule has 1 heterocycles. The Kier molecular flexibility index (Phi) is 3.58. The molecular weight excluding hydrogens is 190 g/mol. The molecule has 5 nitrogen and oxygen atoms in total. The fourth-order valence-electron chi connectivity index (χ4n) is 1.26. The highest BCUT2D eigenvalue weighted by Crippen LogP contribution is 2.14. The first-order chi connectivity index (χ1) is 7.04. The number of nitriles is 1. The monoisotopic (exact) mass is 205 g/mol. The molecule has 5 heteroatoms. The second-order valence-electron chi connectivity index (χ2n) is 3.86. The largest absolute Gasteiger partial charge is 0.294 e. The van der Waals surface area contributed by atoms with Crippen molar-refractivity contribution in [2.45, 2.75) is 20.8 Å². The third kappa shape index (κ3) is 2.89. The van der Waals surface area contributed by atoms with Crippen LogP contribution in [0.4, 0.5) is 5.82 Å². The van der Waals surface area contributed by atoms with Gasteiger partial charge in [0.25, 0.3) is 0 Å². The van der Waals surface area contributed by atoms with E-state index in [1.807, 2.05) is 13.0 Å². The van der Waals surface area contributed by atoms with Crippen molar-refractivity contribution in [2.24, 2.45) is 11.8 Å². The van der Waals surface area contributed by atoms with E-state index in [-0.39, 0.29) is 5.82 Å². The third-order valence-corrected chi connectivity index (χ3v) is 1.88. The van der Waals surface area contributed by atoms with E-state index in [2.05, 4.69) is 23.8 Å². The van der Waals surface area contributed by atoms with Crippen molar-refractivity contribution in [1.29, 1.82) is 5.26 Å². The molecule has 15 heavy (non-hydrogen) atoms. The second kappa shape index (κ2) is 4.71. The van der Waals surface area contributed by atoms with Gasteiger partial charge in [0.15, 0.2) is 0 Å². The molecule has 0 atom stereocenters. The third-order valence-electron chi connectivity index (χ3n) is 1.88. The van der Waals surface area contributed by atoms with Crippen LogP contribution in [-0.2, 0) is 0 Å². The van der Waals surface area contributed by atoms with E-state index in [4.69, 9.17) is 11.1 Å². The molecule has 1 rings (SSSR count). The lowest BCUT2D eigenvalue weighted by Gasteiger charge is -2.21. The van der Waals surface area contributed by atoms with Crippen molar-refractivity contribution < 1.29 is 0 Å². The van der Waals surface area contributed by atoms with Crippen molar-refractivity contribution >= 4 is 5.82 Å². The molecule has 0 saturated heterocycles. The Morgan fingerprint density at radius 3 is 2.80 bits per heavy atom. The lowest BCUT2D eigenvalue weighted by molar-refractivity contribution is 0.614. The molecule has 1 aromatic heterocycles. The maximum absolute atomic E-state index is 8.68. The average Bonchev–Trinajstić information content (AvgIpc) is 2.17. The van der Waals surface area contributed by atoms with Crippen LogP contribution < -0.4 is 10.9 Å². The lowest BCUT2D eigenvalue weighted by atomic mass is 10.2. The van der Waals surface area contributed by atoms with Crippen LogP contribution in [0.15, 0.2) is 6.20 Å². The summed E-state index contributed by atoms with van der Waals surface area (Å²) in [6, 6.07) is 1.90. The summed E-state index contributed by atoms with van der Waals surface area (Å²) in [7, 11) is 0. The van der Waals surface area contributed by atoms with E-state index in [1.54, 1.807) is 11.2 Å². The molecule has 2 N–H and O–H groups in total. The van der Waals surface area contributed by atoms with Gasteiger partial charge in [-0.25, -0.2) is 10.8 Å².